The Kier molecular flexibility index (Phi) is 3.83. The minimum absolute atomic E-state index is 0.277. The lowest BCUT2D eigenvalue weighted by atomic mass is 10.1. The zero-order valence-electron chi connectivity index (χ0n) is 11.3. The Labute approximate surface area is 109 Å². The van der Waals surface area contributed by atoms with Crippen LogP contribution >= 0.6 is 0 Å². The molecule has 1 aromatic rings. The Morgan fingerprint density at radius 2 is 2.28 bits per heavy atom. The van der Waals surface area contributed by atoms with Gasteiger partial charge in [-0.3, -0.25) is 0 Å². The number of nitrogens with zero attached hydrogens (tertiary/aromatic N) is 3. The zero-order valence-corrected chi connectivity index (χ0v) is 11.3. The summed E-state index contributed by atoms with van der Waals surface area (Å²) in [5.74, 6) is 0.743. The van der Waals surface area contributed by atoms with E-state index in [2.05, 4.69) is 28.2 Å². The van der Waals surface area contributed by atoms with Crippen molar-refractivity contribution >= 4 is 5.82 Å². The van der Waals surface area contributed by atoms with E-state index >= 15 is 0 Å². The van der Waals surface area contributed by atoms with Gasteiger partial charge in [0.1, 0.15) is 11.9 Å². The maximum absolute atomic E-state index is 9.20. The summed E-state index contributed by atoms with van der Waals surface area (Å²) in [6, 6.07) is 4.52. The summed E-state index contributed by atoms with van der Waals surface area (Å²) in [5, 5.41) is 12.6. The second kappa shape index (κ2) is 5.36. The molecule has 0 saturated carbocycles. The molecule has 0 aromatic carbocycles. The molecule has 0 fully saturated rings. The lowest BCUT2D eigenvalue weighted by Gasteiger charge is -2.19. The molecule has 1 unspecified atom stereocenters. The molecule has 0 spiro atoms. The highest BCUT2D eigenvalue weighted by Gasteiger charge is 2.17. The van der Waals surface area contributed by atoms with Crippen LogP contribution in [0.5, 0.6) is 0 Å². The third-order valence-electron chi connectivity index (χ3n) is 3.19. The quantitative estimate of drug-likeness (QED) is 0.877. The monoisotopic (exact) mass is 244 g/mol. The molecule has 1 atom stereocenters. The second-order valence-corrected chi connectivity index (χ2v) is 5.26. The Balaban J connectivity index is 2.19. The van der Waals surface area contributed by atoms with E-state index in [1.54, 1.807) is 0 Å². The van der Waals surface area contributed by atoms with Gasteiger partial charge in [0, 0.05) is 18.3 Å². The Morgan fingerprint density at radius 1 is 1.50 bits per heavy atom. The zero-order chi connectivity index (χ0) is 13.1. The van der Waals surface area contributed by atoms with Crippen LogP contribution in [0.1, 0.15) is 30.2 Å². The molecular weight excluding hydrogens is 224 g/mol. The number of hydrogen-bond acceptors (Lipinski definition) is 4. The first-order valence-electron chi connectivity index (χ1n) is 6.44. The normalized spacial score (nSPS) is 15.3. The van der Waals surface area contributed by atoms with E-state index in [-0.39, 0.29) is 6.04 Å². The Hall–Kier alpha value is -1.60. The Morgan fingerprint density at radius 3 is 2.94 bits per heavy atom. The van der Waals surface area contributed by atoms with Crippen LogP contribution < -0.4 is 5.32 Å². The summed E-state index contributed by atoms with van der Waals surface area (Å²) in [6.07, 6.45) is 3.26. The fraction of sp³-hybridized carbons (Fsp3) is 0.571. The van der Waals surface area contributed by atoms with Gasteiger partial charge in [-0.05, 0) is 51.9 Å². The fourth-order valence-corrected chi connectivity index (χ4v) is 2.49. The molecule has 4 heteroatoms. The van der Waals surface area contributed by atoms with Crippen molar-refractivity contribution in [3.63, 3.8) is 0 Å². The number of nitrogens with one attached hydrogen (secondary N) is 1. The number of hydrogen-bond donors (Lipinski definition) is 1. The SMILES string of the molecule is CC(CN(C)C)Nc1nc2c(cc1C#N)CCC2. The van der Waals surface area contributed by atoms with Crippen molar-refractivity contribution in [3.05, 3.63) is 22.9 Å². The number of aryl methyl sites for hydroxylation is 2. The van der Waals surface area contributed by atoms with Crippen LogP contribution in [0.25, 0.3) is 0 Å². The van der Waals surface area contributed by atoms with E-state index in [1.165, 1.54) is 5.56 Å². The minimum atomic E-state index is 0.277. The third kappa shape index (κ3) is 2.80. The van der Waals surface area contributed by atoms with Crippen molar-refractivity contribution in [2.45, 2.75) is 32.2 Å². The number of anilines is 1. The van der Waals surface area contributed by atoms with Gasteiger partial charge in [-0.25, -0.2) is 4.98 Å². The van der Waals surface area contributed by atoms with E-state index in [1.807, 2.05) is 20.2 Å². The van der Waals surface area contributed by atoms with Crippen LogP contribution in [-0.2, 0) is 12.8 Å². The Bertz CT molecular complexity index is 473. The van der Waals surface area contributed by atoms with Crippen LogP contribution in [0.3, 0.4) is 0 Å². The van der Waals surface area contributed by atoms with Gasteiger partial charge >= 0.3 is 0 Å². The maximum Gasteiger partial charge on any atom is 0.144 e. The van der Waals surface area contributed by atoms with Gasteiger partial charge in [-0.2, -0.15) is 5.26 Å². The van der Waals surface area contributed by atoms with Gasteiger partial charge in [-0.1, -0.05) is 0 Å². The highest BCUT2D eigenvalue weighted by Crippen LogP contribution is 2.25. The van der Waals surface area contributed by atoms with Gasteiger partial charge in [-0.15, -0.1) is 0 Å². The predicted octanol–water partition coefficient (Wildman–Crippen LogP) is 1.80. The number of fused-ring (bicyclic) bond motifs is 1. The molecule has 2 rings (SSSR count). The molecule has 18 heavy (non-hydrogen) atoms. The van der Waals surface area contributed by atoms with Crippen molar-refractivity contribution in [1.82, 2.24) is 9.88 Å². The molecule has 1 aromatic heterocycles. The molecular formula is C14H20N4. The summed E-state index contributed by atoms with van der Waals surface area (Å²) >= 11 is 0. The molecule has 0 amide bonds. The third-order valence-corrected chi connectivity index (χ3v) is 3.19. The van der Waals surface area contributed by atoms with Crippen molar-refractivity contribution < 1.29 is 0 Å². The first-order chi connectivity index (χ1) is 8.60. The van der Waals surface area contributed by atoms with Gasteiger partial charge in [0.05, 0.1) is 5.56 Å². The van der Waals surface area contributed by atoms with Crippen LogP contribution in [-0.4, -0.2) is 36.6 Å². The first kappa shape index (κ1) is 12.8. The van der Waals surface area contributed by atoms with Gasteiger partial charge in [0.15, 0.2) is 0 Å². The molecule has 1 heterocycles. The van der Waals surface area contributed by atoms with Gasteiger partial charge in [0.2, 0.25) is 0 Å². The maximum atomic E-state index is 9.20. The number of likely N-dealkylation sites (N-methyl/N-ethyl adjacent to an activating group) is 1. The van der Waals surface area contributed by atoms with Crippen molar-refractivity contribution in [2.75, 3.05) is 26.0 Å². The van der Waals surface area contributed by atoms with Gasteiger partial charge in [0.25, 0.3) is 0 Å². The molecule has 0 saturated heterocycles. The average Bonchev–Trinajstić information content (AvgIpc) is 2.73. The fourth-order valence-electron chi connectivity index (χ4n) is 2.49. The number of aromatic nitrogens is 1. The molecule has 96 valence electrons. The molecule has 4 nitrogen and oxygen atoms in total. The molecule has 1 N–H and O–H groups in total. The van der Waals surface area contributed by atoms with Gasteiger partial charge < -0.3 is 10.2 Å². The van der Waals surface area contributed by atoms with E-state index in [4.69, 9.17) is 0 Å². The van der Waals surface area contributed by atoms with Crippen molar-refractivity contribution in [3.8, 4) is 6.07 Å². The topological polar surface area (TPSA) is 52.0 Å². The molecule has 0 aliphatic heterocycles. The van der Waals surface area contributed by atoms with Crippen LogP contribution in [0.2, 0.25) is 0 Å². The summed E-state index contributed by atoms with van der Waals surface area (Å²) in [7, 11) is 4.08. The van der Waals surface area contributed by atoms with Crippen LogP contribution in [0.15, 0.2) is 6.07 Å². The second-order valence-electron chi connectivity index (χ2n) is 5.26. The van der Waals surface area contributed by atoms with E-state index in [0.29, 0.717) is 5.56 Å². The van der Waals surface area contributed by atoms with Crippen LogP contribution in [0, 0.1) is 11.3 Å². The summed E-state index contributed by atoms with van der Waals surface area (Å²) in [4.78, 5) is 6.74. The van der Waals surface area contributed by atoms with E-state index in [9.17, 15) is 5.26 Å². The van der Waals surface area contributed by atoms with Crippen molar-refractivity contribution in [2.24, 2.45) is 0 Å². The standard InChI is InChI=1S/C14H20N4/c1-10(9-18(2)3)16-14-12(8-15)7-11-5-4-6-13(11)17-14/h7,10H,4-6,9H2,1-3H3,(H,16,17). The lowest BCUT2D eigenvalue weighted by molar-refractivity contribution is 0.392. The predicted molar refractivity (Wildman–Crippen MR) is 72.6 cm³/mol. The van der Waals surface area contributed by atoms with Crippen molar-refractivity contribution in [1.29, 1.82) is 5.26 Å². The smallest absolute Gasteiger partial charge is 0.144 e. The van der Waals surface area contributed by atoms with E-state index < -0.39 is 0 Å². The molecule has 1 aliphatic rings. The molecule has 0 radical (unpaired) electrons. The van der Waals surface area contributed by atoms with Crippen LogP contribution in [0.4, 0.5) is 5.82 Å². The lowest BCUT2D eigenvalue weighted by Crippen LogP contribution is -2.30. The highest BCUT2D eigenvalue weighted by molar-refractivity contribution is 5.55. The summed E-state index contributed by atoms with van der Waals surface area (Å²) in [5.41, 5.74) is 3.08. The highest BCUT2D eigenvalue weighted by atomic mass is 15.1. The summed E-state index contributed by atoms with van der Waals surface area (Å²) in [6.45, 7) is 3.03. The first-order valence-corrected chi connectivity index (χ1v) is 6.44. The average molecular weight is 244 g/mol. The van der Waals surface area contributed by atoms with E-state index in [0.717, 1.165) is 37.3 Å². The largest absolute Gasteiger partial charge is 0.365 e. The number of pyridine rings is 1. The molecule has 1 aliphatic carbocycles. The minimum Gasteiger partial charge on any atom is -0.365 e. The molecule has 0 bridgehead atoms. The number of rotatable bonds is 4. The summed E-state index contributed by atoms with van der Waals surface area (Å²) < 4.78 is 0. The number of nitriles is 1.